The van der Waals surface area contributed by atoms with Crippen molar-refractivity contribution in [3.63, 3.8) is 0 Å². The third-order valence-corrected chi connectivity index (χ3v) is 3.67. The molecule has 4 nitrogen and oxygen atoms in total. The minimum absolute atomic E-state index is 0.739. The smallest absolute Gasteiger partial charge is 0.149 e. The van der Waals surface area contributed by atoms with Crippen LogP contribution in [-0.2, 0) is 0 Å². The number of aryl methyl sites for hydroxylation is 3. The van der Waals surface area contributed by atoms with Crippen LogP contribution in [0.15, 0.2) is 46.1 Å². The van der Waals surface area contributed by atoms with Crippen molar-refractivity contribution in [1.82, 2.24) is 4.98 Å². The fraction of sp³-hybridized carbons (Fsp3) is 0.222. The van der Waals surface area contributed by atoms with Gasteiger partial charge in [-0.25, -0.2) is 4.98 Å². The van der Waals surface area contributed by atoms with E-state index in [4.69, 9.17) is 4.42 Å². The van der Waals surface area contributed by atoms with E-state index >= 15 is 0 Å². The molecule has 0 aliphatic heterocycles. The van der Waals surface area contributed by atoms with Crippen LogP contribution in [0.25, 0.3) is 10.9 Å². The van der Waals surface area contributed by atoms with Gasteiger partial charge in [-0.3, -0.25) is 5.43 Å². The van der Waals surface area contributed by atoms with Crippen molar-refractivity contribution >= 4 is 22.4 Å². The summed E-state index contributed by atoms with van der Waals surface area (Å²) >= 11 is 0. The summed E-state index contributed by atoms with van der Waals surface area (Å²) in [5, 5.41) is 5.53. The molecule has 2 heterocycles. The van der Waals surface area contributed by atoms with Crippen LogP contribution in [0.5, 0.6) is 0 Å². The number of anilines is 1. The number of hydrazone groups is 1. The lowest BCUT2D eigenvalue weighted by Gasteiger charge is -2.09. The minimum atomic E-state index is 0.739. The molecule has 1 N–H and O–H groups in total. The molecule has 0 atom stereocenters. The molecule has 2 aromatic heterocycles. The van der Waals surface area contributed by atoms with Gasteiger partial charge in [-0.05, 0) is 63.1 Å². The summed E-state index contributed by atoms with van der Waals surface area (Å²) in [6.45, 7) is 8.18. The molecule has 3 rings (SSSR count). The van der Waals surface area contributed by atoms with Crippen LogP contribution in [0.3, 0.4) is 0 Å². The highest BCUT2D eigenvalue weighted by Gasteiger charge is 2.06. The van der Waals surface area contributed by atoms with Gasteiger partial charge in [0.1, 0.15) is 17.3 Å². The maximum Gasteiger partial charge on any atom is 0.149 e. The van der Waals surface area contributed by atoms with Gasteiger partial charge in [0, 0.05) is 5.39 Å². The van der Waals surface area contributed by atoms with Crippen molar-refractivity contribution in [2.45, 2.75) is 27.7 Å². The second-order valence-corrected chi connectivity index (χ2v) is 5.59. The Morgan fingerprint density at radius 2 is 1.95 bits per heavy atom. The average Bonchev–Trinajstić information content (AvgIpc) is 3.00. The lowest BCUT2D eigenvalue weighted by molar-refractivity contribution is 0.557. The maximum absolute atomic E-state index is 5.32. The van der Waals surface area contributed by atoms with Gasteiger partial charge < -0.3 is 4.42 Å². The fourth-order valence-corrected chi connectivity index (χ4v) is 2.58. The number of nitrogens with one attached hydrogen (secondary N) is 1. The molecule has 0 fully saturated rings. The first kappa shape index (κ1) is 14.3. The number of hydrogen-bond acceptors (Lipinski definition) is 4. The number of fused-ring (bicyclic) bond motifs is 1. The van der Waals surface area contributed by atoms with E-state index < -0.39 is 0 Å². The molecule has 4 heteroatoms. The molecule has 22 heavy (non-hydrogen) atoms. The van der Waals surface area contributed by atoms with Gasteiger partial charge in [0.2, 0.25) is 0 Å². The third-order valence-electron chi connectivity index (χ3n) is 3.67. The molecule has 3 aromatic rings. The van der Waals surface area contributed by atoms with E-state index in [1.807, 2.05) is 25.1 Å². The van der Waals surface area contributed by atoms with Gasteiger partial charge in [-0.2, -0.15) is 5.10 Å². The Hall–Kier alpha value is -2.62. The SMILES string of the molecule is CC(=NNc1cc(C)c2cc(C)cc(C)c2n1)c1ccco1. The zero-order valence-electron chi connectivity index (χ0n) is 13.3. The number of hydrogen-bond donors (Lipinski definition) is 1. The summed E-state index contributed by atoms with van der Waals surface area (Å²) < 4.78 is 5.32. The van der Waals surface area contributed by atoms with Crippen LogP contribution >= 0.6 is 0 Å². The summed E-state index contributed by atoms with van der Waals surface area (Å²) in [6, 6.07) is 10.1. The van der Waals surface area contributed by atoms with Crippen molar-refractivity contribution < 1.29 is 4.42 Å². The molecule has 0 bridgehead atoms. The Kier molecular flexibility index (Phi) is 3.67. The summed E-state index contributed by atoms with van der Waals surface area (Å²) in [5.74, 6) is 1.49. The first-order valence-electron chi connectivity index (χ1n) is 7.27. The molecule has 0 aliphatic carbocycles. The summed E-state index contributed by atoms with van der Waals surface area (Å²) in [5.41, 5.74) is 8.43. The first-order valence-corrected chi connectivity index (χ1v) is 7.27. The van der Waals surface area contributed by atoms with E-state index in [1.165, 1.54) is 22.1 Å². The molecule has 0 saturated heterocycles. The second-order valence-electron chi connectivity index (χ2n) is 5.59. The van der Waals surface area contributed by atoms with Crippen molar-refractivity contribution in [3.05, 3.63) is 59.0 Å². The monoisotopic (exact) mass is 293 g/mol. The topological polar surface area (TPSA) is 50.4 Å². The lowest BCUT2D eigenvalue weighted by Crippen LogP contribution is -2.01. The molecular formula is C18H19N3O. The Morgan fingerprint density at radius 1 is 1.14 bits per heavy atom. The van der Waals surface area contributed by atoms with Crippen molar-refractivity contribution in [2.24, 2.45) is 5.10 Å². The van der Waals surface area contributed by atoms with Gasteiger partial charge in [0.15, 0.2) is 0 Å². The van der Waals surface area contributed by atoms with Crippen LogP contribution in [-0.4, -0.2) is 10.7 Å². The average molecular weight is 293 g/mol. The van der Waals surface area contributed by atoms with Gasteiger partial charge in [-0.1, -0.05) is 11.6 Å². The van der Waals surface area contributed by atoms with Crippen LogP contribution in [0.2, 0.25) is 0 Å². The summed E-state index contributed by atoms with van der Waals surface area (Å²) in [4.78, 5) is 4.68. The van der Waals surface area contributed by atoms with Crippen molar-refractivity contribution in [2.75, 3.05) is 5.43 Å². The Bertz CT molecular complexity index is 848. The standard InChI is InChI=1S/C18H19N3O/c1-11-8-13(3)18-15(9-11)12(2)10-17(19-18)21-20-14(4)16-6-5-7-22-16/h5-10H,1-4H3,(H,19,21). The molecular weight excluding hydrogens is 274 g/mol. The molecule has 1 aromatic carbocycles. The molecule has 0 saturated carbocycles. The van der Waals surface area contributed by atoms with Crippen LogP contribution in [0.4, 0.5) is 5.82 Å². The lowest BCUT2D eigenvalue weighted by atomic mass is 10.0. The van der Waals surface area contributed by atoms with Crippen molar-refractivity contribution in [1.29, 1.82) is 0 Å². The van der Waals surface area contributed by atoms with Crippen LogP contribution in [0.1, 0.15) is 29.4 Å². The van der Waals surface area contributed by atoms with E-state index in [2.05, 4.69) is 48.4 Å². The zero-order valence-corrected chi connectivity index (χ0v) is 13.3. The first-order chi connectivity index (χ1) is 10.5. The molecule has 0 radical (unpaired) electrons. The third kappa shape index (κ3) is 2.72. The molecule has 0 unspecified atom stereocenters. The number of benzene rings is 1. The molecule has 0 aliphatic rings. The van der Waals surface area contributed by atoms with Crippen LogP contribution < -0.4 is 5.43 Å². The minimum Gasteiger partial charge on any atom is -0.463 e. The Balaban J connectivity index is 1.97. The van der Waals surface area contributed by atoms with E-state index in [9.17, 15) is 0 Å². The maximum atomic E-state index is 5.32. The second kappa shape index (κ2) is 5.64. The fourth-order valence-electron chi connectivity index (χ4n) is 2.58. The quantitative estimate of drug-likeness (QED) is 0.567. The highest BCUT2D eigenvalue weighted by Crippen LogP contribution is 2.24. The van der Waals surface area contributed by atoms with Crippen LogP contribution in [0, 0.1) is 20.8 Å². The largest absolute Gasteiger partial charge is 0.463 e. The van der Waals surface area contributed by atoms with Gasteiger partial charge >= 0.3 is 0 Å². The number of furan rings is 1. The highest BCUT2D eigenvalue weighted by molar-refractivity contribution is 5.96. The van der Waals surface area contributed by atoms with E-state index in [1.54, 1.807) is 6.26 Å². The normalized spacial score (nSPS) is 11.9. The number of nitrogens with zero attached hydrogens (tertiary/aromatic N) is 2. The van der Waals surface area contributed by atoms with E-state index in [0.29, 0.717) is 0 Å². The molecule has 0 spiro atoms. The van der Waals surface area contributed by atoms with Gasteiger partial charge in [0.25, 0.3) is 0 Å². The van der Waals surface area contributed by atoms with Gasteiger partial charge in [-0.15, -0.1) is 0 Å². The number of rotatable bonds is 3. The highest BCUT2D eigenvalue weighted by atomic mass is 16.3. The summed E-state index contributed by atoms with van der Waals surface area (Å²) in [6.07, 6.45) is 1.64. The predicted octanol–water partition coefficient (Wildman–Crippen LogP) is 4.59. The van der Waals surface area contributed by atoms with E-state index in [0.717, 1.165) is 22.8 Å². The summed E-state index contributed by atoms with van der Waals surface area (Å²) in [7, 11) is 0. The molecule has 0 amide bonds. The zero-order chi connectivity index (χ0) is 15.7. The number of aromatic nitrogens is 1. The Morgan fingerprint density at radius 3 is 2.68 bits per heavy atom. The Labute approximate surface area is 129 Å². The van der Waals surface area contributed by atoms with E-state index in [-0.39, 0.29) is 0 Å². The predicted molar refractivity (Wildman–Crippen MR) is 90.5 cm³/mol. The molecule has 112 valence electrons. The van der Waals surface area contributed by atoms with Gasteiger partial charge in [0.05, 0.1) is 11.8 Å². The number of pyridine rings is 1. The van der Waals surface area contributed by atoms with Crippen molar-refractivity contribution in [3.8, 4) is 0 Å².